The lowest BCUT2D eigenvalue weighted by Crippen LogP contribution is -2.26. The van der Waals surface area contributed by atoms with Crippen LogP contribution in [0.2, 0.25) is 0 Å². The average Bonchev–Trinajstić information content (AvgIpc) is 2.63. The van der Waals surface area contributed by atoms with Gasteiger partial charge < -0.3 is 15.0 Å². The summed E-state index contributed by atoms with van der Waals surface area (Å²) < 4.78 is 7.61. The smallest absolute Gasteiger partial charge is 0.126 e. The molecule has 2 N–H and O–H groups in total. The lowest BCUT2D eigenvalue weighted by molar-refractivity contribution is 0.0226. The molecule has 1 rings (SSSR count). The van der Waals surface area contributed by atoms with Gasteiger partial charge in [-0.2, -0.15) is 0 Å². The van der Waals surface area contributed by atoms with Gasteiger partial charge in [-0.15, -0.1) is 0 Å². The molecular formula is C14H27N3O. The minimum Gasteiger partial charge on any atom is -0.384 e. The molecule has 0 aliphatic carbocycles. The van der Waals surface area contributed by atoms with Gasteiger partial charge in [0.2, 0.25) is 0 Å². The Kier molecular flexibility index (Phi) is 5.20. The Balaban J connectivity index is 2.96. The second-order valence-corrected chi connectivity index (χ2v) is 5.36. The molecule has 0 radical (unpaired) electrons. The average molecular weight is 253 g/mol. The number of nitrogens with zero attached hydrogens (tertiary/aromatic N) is 2. The maximum Gasteiger partial charge on any atom is 0.126 e. The Morgan fingerprint density at radius 2 is 2.00 bits per heavy atom. The van der Waals surface area contributed by atoms with Crippen molar-refractivity contribution in [2.75, 3.05) is 12.8 Å². The molecule has 0 spiro atoms. The number of aromatic nitrogens is 2. The molecule has 104 valence electrons. The van der Waals surface area contributed by atoms with Gasteiger partial charge in [-0.1, -0.05) is 20.3 Å². The Labute approximate surface area is 111 Å². The molecule has 0 atom stereocenters. The number of anilines is 1. The zero-order valence-electron chi connectivity index (χ0n) is 12.4. The van der Waals surface area contributed by atoms with E-state index in [-0.39, 0.29) is 5.60 Å². The van der Waals surface area contributed by atoms with Gasteiger partial charge in [0, 0.05) is 26.5 Å². The monoisotopic (exact) mass is 253 g/mol. The SMILES string of the molecule is CCCCn1c(CC)nc(CC(C)(C)OC)c1N. The molecule has 0 bridgehead atoms. The van der Waals surface area contributed by atoms with Crippen molar-refractivity contribution in [2.45, 2.75) is 65.5 Å². The number of hydrogen-bond donors (Lipinski definition) is 1. The summed E-state index contributed by atoms with van der Waals surface area (Å²) in [5.74, 6) is 1.90. The van der Waals surface area contributed by atoms with Crippen molar-refractivity contribution in [2.24, 2.45) is 0 Å². The summed E-state index contributed by atoms with van der Waals surface area (Å²) in [7, 11) is 1.73. The highest BCUT2D eigenvalue weighted by Gasteiger charge is 2.22. The van der Waals surface area contributed by atoms with Crippen molar-refractivity contribution in [3.8, 4) is 0 Å². The summed E-state index contributed by atoms with van der Waals surface area (Å²) in [6, 6.07) is 0. The normalized spacial score (nSPS) is 12.1. The van der Waals surface area contributed by atoms with Crippen molar-refractivity contribution in [3.05, 3.63) is 11.5 Å². The van der Waals surface area contributed by atoms with Crippen LogP contribution in [0.3, 0.4) is 0 Å². The largest absolute Gasteiger partial charge is 0.384 e. The van der Waals surface area contributed by atoms with Gasteiger partial charge in [-0.25, -0.2) is 4.98 Å². The molecule has 4 heteroatoms. The van der Waals surface area contributed by atoms with E-state index in [9.17, 15) is 0 Å². The van der Waals surface area contributed by atoms with Crippen LogP contribution in [-0.4, -0.2) is 22.3 Å². The Bertz CT molecular complexity index is 383. The summed E-state index contributed by atoms with van der Waals surface area (Å²) >= 11 is 0. The fourth-order valence-electron chi connectivity index (χ4n) is 2.01. The molecule has 0 aliphatic rings. The zero-order valence-corrected chi connectivity index (χ0v) is 12.4. The topological polar surface area (TPSA) is 53.1 Å². The minimum absolute atomic E-state index is 0.219. The van der Waals surface area contributed by atoms with E-state index in [1.807, 2.05) is 0 Å². The number of ether oxygens (including phenoxy) is 1. The highest BCUT2D eigenvalue weighted by atomic mass is 16.5. The number of aryl methyl sites for hydroxylation is 1. The number of imidazole rings is 1. The lowest BCUT2D eigenvalue weighted by atomic mass is 10.0. The first-order valence-corrected chi connectivity index (χ1v) is 6.84. The number of rotatable bonds is 7. The van der Waals surface area contributed by atoms with E-state index in [2.05, 4.69) is 37.2 Å². The molecular weight excluding hydrogens is 226 g/mol. The van der Waals surface area contributed by atoms with Crippen LogP contribution in [0, 0.1) is 0 Å². The lowest BCUT2D eigenvalue weighted by Gasteiger charge is -2.21. The van der Waals surface area contributed by atoms with Crippen molar-refractivity contribution in [1.29, 1.82) is 0 Å². The van der Waals surface area contributed by atoms with E-state index >= 15 is 0 Å². The summed E-state index contributed by atoms with van der Waals surface area (Å²) in [5.41, 5.74) is 6.98. The van der Waals surface area contributed by atoms with E-state index in [0.29, 0.717) is 0 Å². The fourth-order valence-corrected chi connectivity index (χ4v) is 2.01. The molecule has 0 unspecified atom stereocenters. The fraction of sp³-hybridized carbons (Fsp3) is 0.786. The van der Waals surface area contributed by atoms with Crippen molar-refractivity contribution in [3.63, 3.8) is 0 Å². The molecule has 0 saturated heterocycles. The first kappa shape index (κ1) is 15.0. The van der Waals surface area contributed by atoms with Gasteiger partial charge in [0.1, 0.15) is 11.6 Å². The van der Waals surface area contributed by atoms with Crippen molar-refractivity contribution in [1.82, 2.24) is 9.55 Å². The van der Waals surface area contributed by atoms with Crippen LogP contribution in [0.5, 0.6) is 0 Å². The van der Waals surface area contributed by atoms with Crippen molar-refractivity contribution >= 4 is 5.82 Å². The molecule has 0 saturated carbocycles. The number of methoxy groups -OCH3 is 1. The van der Waals surface area contributed by atoms with Crippen LogP contribution in [0.15, 0.2) is 0 Å². The van der Waals surface area contributed by atoms with Crippen LogP contribution in [0.25, 0.3) is 0 Å². The molecule has 18 heavy (non-hydrogen) atoms. The molecule has 0 aromatic carbocycles. The molecule has 4 nitrogen and oxygen atoms in total. The molecule has 0 aliphatic heterocycles. The third-order valence-corrected chi connectivity index (χ3v) is 3.36. The van der Waals surface area contributed by atoms with Crippen LogP contribution in [0.1, 0.15) is 52.1 Å². The molecule has 1 heterocycles. The molecule has 0 fully saturated rings. The van der Waals surface area contributed by atoms with Crippen LogP contribution in [-0.2, 0) is 24.1 Å². The van der Waals surface area contributed by atoms with Gasteiger partial charge in [-0.05, 0) is 20.3 Å². The summed E-state index contributed by atoms with van der Waals surface area (Å²) in [6.45, 7) is 9.39. The summed E-state index contributed by atoms with van der Waals surface area (Å²) in [6.07, 6.45) is 3.98. The first-order chi connectivity index (χ1) is 8.45. The van der Waals surface area contributed by atoms with Crippen LogP contribution in [0.4, 0.5) is 5.82 Å². The number of nitrogen functional groups attached to an aromatic ring is 1. The Hall–Kier alpha value is -1.03. The van der Waals surface area contributed by atoms with Gasteiger partial charge in [-0.3, -0.25) is 0 Å². The van der Waals surface area contributed by atoms with Gasteiger partial charge in [0.05, 0.1) is 11.3 Å². The van der Waals surface area contributed by atoms with Gasteiger partial charge in [0.15, 0.2) is 0 Å². The maximum absolute atomic E-state index is 6.23. The van der Waals surface area contributed by atoms with Crippen molar-refractivity contribution < 1.29 is 4.74 Å². The van der Waals surface area contributed by atoms with Crippen LogP contribution < -0.4 is 5.73 Å². The number of nitrogens with two attached hydrogens (primary N) is 1. The van der Waals surface area contributed by atoms with Crippen LogP contribution >= 0.6 is 0 Å². The minimum atomic E-state index is -0.219. The Morgan fingerprint density at radius 3 is 2.50 bits per heavy atom. The van der Waals surface area contributed by atoms with Gasteiger partial charge >= 0.3 is 0 Å². The van der Waals surface area contributed by atoms with E-state index in [1.165, 1.54) is 6.42 Å². The second kappa shape index (κ2) is 6.23. The third-order valence-electron chi connectivity index (χ3n) is 3.36. The standard InChI is InChI=1S/C14H27N3O/c1-6-8-9-17-12(7-2)16-11(13(17)15)10-14(3,4)18-5/h6-10,15H2,1-5H3. The quantitative estimate of drug-likeness (QED) is 0.813. The Morgan fingerprint density at radius 1 is 1.33 bits per heavy atom. The maximum atomic E-state index is 6.23. The molecule has 0 amide bonds. The highest BCUT2D eigenvalue weighted by Crippen LogP contribution is 2.22. The first-order valence-electron chi connectivity index (χ1n) is 6.84. The summed E-state index contributed by atoms with van der Waals surface area (Å²) in [5, 5.41) is 0. The third kappa shape index (κ3) is 3.48. The number of hydrogen-bond acceptors (Lipinski definition) is 3. The predicted molar refractivity (Wildman–Crippen MR) is 75.7 cm³/mol. The van der Waals surface area contributed by atoms with E-state index < -0.39 is 0 Å². The van der Waals surface area contributed by atoms with E-state index in [4.69, 9.17) is 10.5 Å². The van der Waals surface area contributed by atoms with E-state index in [1.54, 1.807) is 7.11 Å². The van der Waals surface area contributed by atoms with E-state index in [0.717, 1.165) is 43.1 Å². The van der Waals surface area contributed by atoms with Gasteiger partial charge in [0.25, 0.3) is 0 Å². The zero-order chi connectivity index (χ0) is 13.8. The molecule has 1 aromatic heterocycles. The number of unbranched alkanes of at least 4 members (excludes halogenated alkanes) is 1. The molecule has 1 aromatic rings. The highest BCUT2D eigenvalue weighted by molar-refractivity contribution is 5.39. The second-order valence-electron chi connectivity index (χ2n) is 5.36. The predicted octanol–water partition coefficient (Wildman–Crippen LogP) is 2.80. The summed E-state index contributed by atoms with van der Waals surface area (Å²) in [4.78, 5) is 4.67.